The highest BCUT2D eigenvalue weighted by Crippen LogP contribution is 2.32. The van der Waals surface area contributed by atoms with Crippen molar-refractivity contribution in [1.29, 1.82) is 5.26 Å². The Labute approximate surface area is 109 Å². The zero-order valence-electron chi connectivity index (χ0n) is 10.5. The maximum atomic E-state index is 11.4. The molecule has 0 aliphatic heterocycles. The van der Waals surface area contributed by atoms with Crippen LogP contribution in [0.3, 0.4) is 0 Å². The van der Waals surface area contributed by atoms with Crippen molar-refractivity contribution in [3.63, 3.8) is 0 Å². The second kappa shape index (κ2) is 5.68. The lowest BCUT2D eigenvalue weighted by molar-refractivity contribution is -0.383. The minimum atomic E-state index is -0.787. The van der Waals surface area contributed by atoms with Crippen molar-refractivity contribution < 1.29 is 9.72 Å². The fraction of sp³-hybridized carbons (Fsp3) is 0.273. The Balaban J connectivity index is 3.50. The first-order valence-corrected chi connectivity index (χ1v) is 5.30. The summed E-state index contributed by atoms with van der Waals surface area (Å²) in [6.45, 7) is 0.0290. The number of hydrogen-bond acceptors (Lipinski definition) is 6. The second-order valence-electron chi connectivity index (χ2n) is 3.77. The summed E-state index contributed by atoms with van der Waals surface area (Å²) in [7, 11) is 3.12. The van der Waals surface area contributed by atoms with Gasteiger partial charge in [-0.15, -0.1) is 0 Å². The Morgan fingerprint density at radius 2 is 2.26 bits per heavy atom. The van der Waals surface area contributed by atoms with Gasteiger partial charge in [0.25, 0.3) is 11.6 Å². The molecular weight excluding hydrogens is 250 g/mol. The van der Waals surface area contributed by atoms with Crippen LogP contribution >= 0.6 is 0 Å². The summed E-state index contributed by atoms with van der Waals surface area (Å²) in [5.41, 5.74) is 5.59. The average Bonchev–Trinajstić information content (AvgIpc) is 2.36. The van der Waals surface area contributed by atoms with Crippen molar-refractivity contribution >= 4 is 23.0 Å². The fourth-order valence-electron chi connectivity index (χ4n) is 1.63. The number of anilines is 2. The molecule has 0 radical (unpaired) electrons. The molecule has 0 spiro atoms. The van der Waals surface area contributed by atoms with E-state index in [9.17, 15) is 14.9 Å². The monoisotopic (exact) mass is 263 g/mol. The lowest BCUT2D eigenvalue weighted by Crippen LogP contribution is -2.23. The van der Waals surface area contributed by atoms with Crippen LogP contribution in [0.4, 0.5) is 17.1 Å². The van der Waals surface area contributed by atoms with Crippen molar-refractivity contribution in [2.75, 3.05) is 30.9 Å². The van der Waals surface area contributed by atoms with Gasteiger partial charge in [0, 0.05) is 20.2 Å². The molecule has 0 bridgehead atoms. The number of primary amides is 1. The molecule has 1 aromatic carbocycles. The van der Waals surface area contributed by atoms with Crippen LogP contribution in [0, 0.1) is 21.4 Å². The number of nitriles is 1. The number of nitro benzene ring substituents is 1. The predicted molar refractivity (Wildman–Crippen MR) is 70.0 cm³/mol. The van der Waals surface area contributed by atoms with Gasteiger partial charge in [-0.25, -0.2) is 0 Å². The van der Waals surface area contributed by atoms with Gasteiger partial charge in [-0.05, 0) is 6.07 Å². The van der Waals surface area contributed by atoms with Crippen LogP contribution in [0.15, 0.2) is 12.1 Å². The van der Waals surface area contributed by atoms with Gasteiger partial charge in [-0.3, -0.25) is 14.9 Å². The fourth-order valence-corrected chi connectivity index (χ4v) is 1.63. The molecule has 0 heterocycles. The zero-order valence-corrected chi connectivity index (χ0v) is 10.5. The highest BCUT2D eigenvalue weighted by Gasteiger charge is 2.21. The molecule has 0 aliphatic rings. The molecule has 8 heteroatoms. The van der Waals surface area contributed by atoms with E-state index in [1.807, 2.05) is 6.07 Å². The van der Waals surface area contributed by atoms with Crippen molar-refractivity contribution in [1.82, 2.24) is 0 Å². The van der Waals surface area contributed by atoms with Crippen LogP contribution in [-0.4, -0.2) is 31.5 Å². The molecule has 0 unspecified atom stereocenters. The normalized spacial score (nSPS) is 9.53. The molecule has 19 heavy (non-hydrogen) atoms. The van der Waals surface area contributed by atoms with E-state index in [0.717, 1.165) is 6.07 Å². The van der Waals surface area contributed by atoms with Gasteiger partial charge in [0.15, 0.2) is 0 Å². The third kappa shape index (κ3) is 2.90. The van der Waals surface area contributed by atoms with Crippen LogP contribution in [0.25, 0.3) is 0 Å². The van der Waals surface area contributed by atoms with Gasteiger partial charge < -0.3 is 16.0 Å². The van der Waals surface area contributed by atoms with Crippen LogP contribution in [0.5, 0.6) is 0 Å². The molecule has 0 saturated heterocycles. The van der Waals surface area contributed by atoms with Crippen LogP contribution in [-0.2, 0) is 0 Å². The Morgan fingerprint density at radius 3 is 2.68 bits per heavy atom. The molecule has 1 aromatic rings. The smallest absolute Gasteiger partial charge is 0.293 e. The summed E-state index contributed by atoms with van der Waals surface area (Å²) in [4.78, 5) is 23.2. The van der Waals surface area contributed by atoms with Crippen LogP contribution < -0.4 is 16.0 Å². The van der Waals surface area contributed by atoms with Crippen molar-refractivity contribution in [3.05, 3.63) is 27.8 Å². The first kappa shape index (κ1) is 14.2. The van der Waals surface area contributed by atoms with E-state index >= 15 is 0 Å². The van der Waals surface area contributed by atoms with Gasteiger partial charge in [-0.1, -0.05) is 0 Å². The van der Waals surface area contributed by atoms with E-state index in [1.54, 1.807) is 7.05 Å². The Kier molecular flexibility index (Phi) is 4.26. The number of nitrogens with one attached hydrogen (secondary N) is 1. The summed E-state index contributed by atoms with van der Waals surface area (Å²) in [5.74, 6) is -0.787. The molecular formula is C11H13N5O3. The number of amides is 1. The third-order valence-corrected chi connectivity index (χ3v) is 2.56. The average molecular weight is 263 g/mol. The topological polar surface area (TPSA) is 125 Å². The third-order valence-electron chi connectivity index (χ3n) is 2.56. The predicted octanol–water partition coefficient (Wildman–Crippen LogP) is 0.695. The number of carbonyl (C=O) groups is 1. The minimum absolute atomic E-state index is 0.00319. The van der Waals surface area contributed by atoms with Gasteiger partial charge in [-0.2, -0.15) is 5.26 Å². The van der Waals surface area contributed by atoms with E-state index in [0.29, 0.717) is 5.69 Å². The maximum absolute atomic E-state index is 11.4. The molecule has 1 rings (SSSR count). The largest absolute Gasteiger partial charge is 0.383 e. The molecule has 100 valence electrons. The Morgan fingerprint density at radius 1 is 1.63 bits per heavy atom. The Bertz CT molecular complexity index is 564. The first-order chi connectivity index (χ1) is 8.92. The second-order valence-corrected chi connectivity index (χ2v) is 3.77. The van der Waals surface area contributed by atoms with E-state index in [4.69, 9.17) is 11.0 Å². The van der Waals surface area contributed by atoms with Gasteiger partial charge in [0.2, 0.25) is 0 Å². The summed E-state index contributed by atoms with van der Waals surface area (Å²) in [6.07, 6.45) is 0. The lowest BCUT2D eigenvalue weighted by atomic mass is 10.1. The van der Waals surface area contributed by atoms with E-state index in [2.05, 4.69) is 5.32 Å². The van der Waals surface area contributed by atoms with Crippen LogP contribution in [0.2, 0.25) is 0 Å². The van der Waals surface area contributed by atoms with Gasteiger partial charge in [0.1, 0.15) is 12.2 Å². The highest BCUT2D eigenvalue weighted by atomic mass is 16.6. The number of rotatable bonds is 5. The maximum Gasteiger partial charge on any atom is 0.293 e. The minimum Gasteiger partial charge on any atom is -0.383 e. The molecule has 0 aliphatic carbocycles. The van der Waals surface area contributed by atoms with E-state index in [1.165, 1.54) is 18.0 Å². The molecule has 3 N–H and O–H groups in total. The quantitative estimate of drug-likeness (QED) is 0.457. The standard InChI is InChI=1S/C11H13N5O3/c1-14-8-6-9(15(2)4-3-12)7(11(13)17)5-10(8)16(18)19/h5-6,14H,4H2,1-2H3,(H2,13,17). The molecule has 0 fully saturated rings. The van der Waals surface area contributed by atoms with Gasteiger partial charge in [0.05, 0.1) is 22.2 Å². The van der Waals surface area contributed by atoms with Crippen molar-refractivity contribution in [2.45, 2.75) is 0 Å². The van der Waals surface area contributed by atoms with E-state index in [-0.39, 0.29) is 23.5 Å². The number of carbonyl (C=O) groups excluding carboxylic acids is 1. The van der Waals surface area contributed by atoms with E-state index < -0.39 is 10.8 Å². The summed E-state index contributed by atoms with van der Waals surface area (Å²) < 4.78 is 0. The summed E-state index contributed by atoms with van der Waals surface area (Å²) >= 11 is 0. The lowest BCUT2D eigenvalue weighted by Gasteiger charge is -2.19. The molecule has 0 aromatic heterocycles. The number of nitrogens with two attached hydrogens (primary N) is 1. The molecule has 1 amide bonds. The summed E-state index contributed by atoms with van der Waals surface area (Å²) in [5, 5.41) is 22.3. The SMILES string of the molecule is CNc1cc(N(C)CC#N)c(C(N)=O)cc1[N+](=O)[O-]. The van der Waals surface area contributed by atoms with Crippen molar-refractivity contribution in [3.8, 4) is 6.07 Å². The molecule has 8 nitrogen and oxygen atoms in total. The number of nitro groups is 1. The number of hydrogen-bond donors (Lipinski definition) is 2. The summed E-state index contributed by atoms with van der Waals surface area (Å²) in [6, 6.07) is 4.46. The van der Waals surface area contributed by atoms with Gasteiger partial charge >= 0.3 is 0 Å². The molecule has 0 atom stereocenters. The van der Waals surface area contributed by atoms with Crippen molar-refractivity contribution in [2.24, 2.45) is 5.73 Å². The number of benzene rings is 1. The number of nitrogens with zero attached hydrogens (tertiary/aromatic N) is 3. The van der Waals surface area contributed by atoms with Crippen LogP contribution in [0.1, 0.15) is 10.4 Å². The highest BCUT2D eigenvalue weighted by molar-refractivity contribution is 6.00. The molecule has 0 saturated carbocycles. The first-order valence-electron chi connectivity index (χ1n) is 5.30. The zero-order chi connectivity index (χ0) is 14.6. The Hall–Kier alpha value is -2.82.